The molecule has 4 rings (SSSR count). The maximum absolute atomic E-state index is 13.3. The Kier molecular flexibility index (Phi) is 11.8. The molecule has 37 heavy (non-hydrogen) atoms. The van der Waals surface area contributed by atoms with Crippen molar-refractivity contribution in [2.75, 3.05) is 13.2 Å². The van der Waals surface area contributed by atoms with Crippen LogP contribution >= 0.6 is 37.2 Å². The molecule has 198 valence electrons. The number of carbonyl (C=O) groups excluding carboxylic acids is 1. The molecule has 0 spiro atoms. The first-order chi connectivity index (χ1) is 17.9. The van der Waals surface area contributed by atoms with Gasteiger partial charge in [0.25, 0.3) is 0 Å². The molecule has 1 atom stereocenters. The van der Waals surface area contributed by atoms with E-state index in [2.05, 4.69) is 92.5 Å². The van der Waals surface area contributed by atoms with Crippen LogP contribution in [0.5, 0.6) is 5.75 Å². The van der Waals surface area contributed by atoms with E-state index in [1.165, 1.54) is 11.1 Å². The highest BCUT2D eigenvalue weighted by Gasteiger charge is 2.28. The number of ether oxygens (including phenoxy) is 1. The Morgan fingerprint density at radius 2 is 1.78 bits per heavy atom. The molecule has 2 heterocycles. The van der Waals surface area contributed by atoms with Crippen molar-refractivity contribution in [3.63, 3.8) is 0 Å². The van der Waals surface area contributed by atoms with E-state index in [1.54, 1.807) is 6.20 Å². The van der Waals surface area contributed by atoms with Crippen LogP contribution in [0.25, 0.3) is 0 Å². The lowest BCUT2D eigenvalue weighted by Gasteiger charge is -2.24. The third-order valence-electron chi connectivity index (χ3n) is 6.57. The average Bonchev–Trinajstić information content (AvgIpc) is 3.04. The predicted molar refractivity (Wildman–Crippen MR) is 164 cm³/mol. The van der Waals surface area contributed by atoms with Gasteiger partial charge in [0.2, 0.25) is 5.91 Å². The fourth-order valence-corrected chi connectivity index (χ4v) is 4.45. The number of hydrogen-bond donors (Lipinski definition) is 1. The summed E-state index contributed by atoms with van der Waals surface area (Å²) in [5, 5.41) is 9.85. The quantitative estimate of drug-likeness (QED) is 0.162. The summed E-state index contributed by atoms with van der Waals surface area (Å²) >= 11 is 4.24. The lowest BCUT2D eigenvalue weighted by molar-refractivity contribution is -0.136. The summed E-state index contributed by atoms with van der Waals surface area (Å²) in [4.78, 5) is 19.7. The number of fused-ring (bicyclic) bond motifs is 1. The minimum absolute atomic E-state index is 0.00554. The van der Waals surface area contributed by atoms with Crippen LogP contribution < -0.4 is 10.2 Å². The SMILES string of the molecule is CCC1Cc2ccc(OCCCN=c3cc(C)ccn3O)cc2CN(Cc2ccc(C)cc2)C1=O.II. The maximum atomic E-state index is 13.3. The summed E-state index contributed by atoms with van der Waals surface area (Å²) in [6, 6.07) is 18.3. The Morgan fingerprint density at radius 1 is 1.03 bits per heavy atom. The number of nitrogens with zero attached hydrogens (tertiary/aromatic N) is 3. The van der Waals surface area contributed by atoms with Gasteiger partial charge in [-0.3, -0.25) is 9.79 Å². The zero-order valence-corrected chi connectivity index (χ0v) is 26.0. The third kappa shape index (κ3) is 8.46. The van der Waals surface area contributed by atoms with E-state index in [-0.39, 0.29) is 11.8 Å². The highest BCUT2D eigenvalue weighted by Crippen LogP contribution is 2.29. The molecule has 1 amide bonds. The molecular formula is C29H35I2N3O3. The molecule has 0 aliphatic carbocycles. The first kappa shape index (κ1) is 29.5. The third-order valence-corrected chi connectivity index (χ3v) is 6.57. The minimum Gasteiger partial charge on any atom is -0.494 e. The van der Waals surface area contributed by atoms with Crippen LogP contribution in [-0.2, 0) is 24.3 Å². The zero-order chi connectivity index (χ0) is 26.8. The lowest BCUT2D eigenvalue weighted by atomic mass is 9.95. The highest BCUT2D eigenvalue weighted by molar-refractivity contribution is 15.0. The second kappa shape index (κ2) is 14.8. The Labute approximate surface area is 243 Å². The van der Waals surface area contributed by atoms with Crippen molar-refractivity contribution in [2.24, 2.45) is 10.9 Å². The van der Waals surface area contributed by atoms with Gasteiger partial charge in [-0.1, -0.05) is 42.8 Å². The molecule has 1 aromatic heterocycles. The van der Waals surface area contributed by atoms with E-state index in [0.717, 1.165) is 46.4 Å². The molecule has 1 unspecified atom stereocenters. The van der Waals surface area contributed by atoms with Gasteiger partial charge in [0, 0.05) is 75.4 Å². The smallest absolute Gasteiger partial charge is 0.226 e. The van der Waals surface area contributed by atoms with Crippen LogP contribution in [0.15, 0.2) is 65.8 Å². The monoisotopic (exact) mass is 727 g/mol. The number of rotatable bonds is 8. The largest absolute Gasteiger partial charge is 0.494 e. The van der Waals surface area contributed by atoms with Gasteiger partial charge in [-0.25, -0.2) is 0 Å². The lowest BCUT2D eigenvalue weighted by Crippen LogP contribution is -2.33. The van der Waals surface area contributed by atoms with E-state index in [4.69, 9.17) is 4.74 Å². The van der Waals surface area contributed by atoms with Crippen LogP contribution in [0, 0.1) is 19.8 Å². The van der Waals surface area contributed by atoms with Gasteiger partial charge in [-0.15, -0.1) is 0 Å². The molecule has 2 aromatic carbocycles. The zero-order valence-electron chi connectivity index (χ0n) is 21.7. The van der Waals surface area contributed by atoms with E-state index < -0.39 is 0 Å². The molecule has 1 aliphatic rings. The molecule has 0 saturated carbocycles. The maximum Gasteiger partial charge on any atom is 0.226 e. The molecule has 1 N–H and O–H groups in total. The van der Waals surface area contributed by atoms with Crippen LogP contribution in [0.4, 0.5) is 0 Å². The van der Waals surface area contributed by atoms with Crippen molar-refractivity contribution >= 4 is 43.1 Å². The molecule has 0 radical (unpaired) electrons. The molecule has 8 heteroatoms. The minimum atomic E-state index is 0.00554. The number of aryl methyl sites for hydroxylation is 2. The van der Waals surface area contributed by atoms with Crippen LogP contribution in [0.2, 0.25) is 0 Å². The summed E-state index contributed by atoms with van der Waals surface area (Å²) < 4.78 is 7.05. The number of carbonyl (C=O) groups is 1. The second-order valence-electron chi connectivity index (χ2n) is 9.41. The van der Waals surface area contributed by atoms with Gasteiger partial charge in [-0.2, -0.15) is 4.73 Å². The number of benzene rings is 2. The summed E-state index contributed by atoms with van der Waals surface area (Å²) in [7, 11) is 0. The molecule has 6 nitrogen and oxygen atoms in total. The van der Waals surface area contributed by atoms with Crippen molar-refractivity contribution in [3.8, 4) is 5.75 Å². The van der Waals surface area contributed by atoms with E-state index in [9.17, 15) is 10.0 Å². The Balaban J connectivity index is 0.00000186. The van der Waals surface area contributed by atoms with Gasteiger partial charge in [0.1, 0.15) is 5.75 Å². The standard InChI is InChI=1S/C29H35N3O3.I2/c1-4-24-17-25-10-11-27(35-15-5-13-30-28-16-22(3)12-14-32(28)34)18-26(25)20-31(29(24)33)19-23-8-6-21(2)7-9-23;1-2/h6-12,14,16,18,24,34H,4-5,13,15,17,19-20H2,1-3H3;. The van der Waals surface area contributed by atoms with E-state index in [0.29, 0.717) is 31.7 Å². The predicted octanol–water partition coefficient (Wildman–Crippen LogP) is 6.59. The van der Waals surface area contributed by atoms with E-state index in [1.807, 2.05) is 30.0 Å². The Morgan fingerprint density at radius 3 is 2.51 bits per heavy atom. The van der Waals surface area contributed by atoms with Gasteiger partial charge < -0.3 is 14.8 Å². The van der Waals surface area contributed by atoms with Crippen molar-refractivity contribution in [1.29, 1.82) is 0 Å². The molecule has 0 fully saturated rings. The van der Waals surface area contributed by atoms with Crippen LogP contribution in [0.3, 0.4) is 0 Å². The summed E-state index contributed by atoms with van der Waals surface area (Å²) in [5.74, 6) is 1.05. The number of halogens is 2. The fourth-order valence-electron chi connectivity index (χ4n) is 4.45. The highest BCUT2D eigenvalue weighted by atomic mass is 128. The van der Waals surface area contributed by atoms with Crippen molar-refractivity contribution < 1.29 is 14.7 Å². The summed E-state index contributed by atoms with van der Waals surface area (Å²) in [5.41, 5.74) is 6.35. The number of aromatic nitrogens is 1. The normalized spacial score (nSPS) is 15.5. The van der Waals surface area contributed by atoms with E-state index >= 15 is 0 Å². The summed E-state index contributed by atoms with van der Waals surface area (Å²) in [6.45, 7) is 8.44. The van der Waals surface area contributed by atoms with Crippen molar-refractivity contribution in [2.45, 2.75) is 53.1 Å². The first-order valence-corrected chi connectivity index (χ1v) is 18.8. The molecular weight excluding hydrogens is 692 g/mol. The number of pyridine rings is 1. The van der Waals surface area contributed by atoms with Gasteiger partial charge in [0.15, 0.2) is 5.49 Å². The molecule has 1 aliphatic heterocycles. The Bertz CT molecular complexity index is 1240. The summed E-state index contributed by atoms with van der Waals surface area (Å²) in [6.07, 6.45) is 3.93. The van der Waals surface area contributed by atoms with Crippen LogP contribution in [0.1, 0.15) is 47.6 Å². The van der Waals surface area contributed by atoms with Crippen LogP contribution in [-0.4, -0.2) is 33.9 Å². The molecule has 3 aromatic rings. The van der Waals surface area contributed by atoms with Gasteiger partial charge >= 0.3 is 0 Å². The topological polar surface area (TPSA) is 67.1 Å². The average molecular weight is 727 g/mol. The van der Waals surface area contributed by atoms with Gasteiger partial charge in [-0.05, 0) is 73.2 Å². The number of hydrogen-bond acceptors (Lipinski definition) is 4. The van der Waals surface area contributed by atoms with Gasteiger partial charge in [0.05, 0.1) is 6.61 Å². The van der Waals surface area contributed by atoms with Crippen molar-refractivity contribution in [3.05, 3.63) is 94.1 Å². The first-order valence-electron chi connectivity index (χ1n) is 12.5. The molecule has 0 bridgehead atoms. The fraction of sp³-hybridized carbons (Fsp3) is 0.379. The molecule has 0 saturated heterocycles. The number of amides is 1. The van der Waals surface area contributed by atoms with Crippen molar-refractivity contribution in [1.82, 2.24) is 9.63 Å². The second-order valence-corrected chi connectivity index (χ2v) is 9.41. The Hall–Kier alpha value is -2.08.